The number of allylic oxidation sites excluding steroid dienone is 4. The smallest absolute Gasteiger partial charge is 0.0940 e. The fourth-order valence-corrected chi connectivity index (χ4v) is 0.883. The quantitative estimate of drug-likeness (QED) is 0.534. The summed E-state index contributed by atoms with van der Waals surface area (Å²) in [5, 5.41) is 9.46. The van der Waals surface area contributed by atoms with Crippen molar-refractivity contribution in [3.63, 3.8) is 0 Å². The first-order valence-electron chi connectivity index (χ1n) is 2.54. The van der Waals surface area contributed by atoms with Gasteiger partial charge in [-0.1, -0.05) is 17.7 Å². The average molecular weight is 131 g/mol. The van der Waals surface area contributed by atoms with Crippen LogP contribution in [0.25, 0.3) is 0 Å². The molecule has 0 atom stereocenters. The van der Waals surface area contributed by atoms with Gasteiger partial charge in [-0.25, -0.2) is 0 Å². The maximum atomic E-state index is 8.82. The van der Waals surface area contributed by atoms with Gasteiger partial charge in [0.15, 0.2) is 0 Å². The van der Waals surface area contributed by atoms with E-state index in [2.05, 4.69) is 0 Å². The molecule has 1 nitrogen and oxygen atoms in total. The van der Waals surface area contributed by atoms with Crippen LogP contribution in [0.5, 0.6) is 0 Å². The van der Waals surface area contributed by atoms with Crippen molar-refractivity contribution in [3.05, 3.63) is 22.9 Å². The van der Waals surface area contributed by atoms with Crippen molar-refractivity contribution in [1.29, 1.82) is 0 Å². The minimum Gasteiger partial charge on any atom is -0.512 e. The number of halogens is 1. The number of aliphatic hydroxyl groups excluding tert-OH is 1. The zero-order valence-corrected chi connectivity index (χ0v) is 5.15. The monoisotopic (exact) mass is 130 g/mol. The van der Waals surface area contributed by atoms with Gasteiger partial charge in [-0.15, -0.1) is 0 Å². The average Bonchev–Trinajstić information content (AvgIpc) is 1.64. The predicted molar refractivity (Wildman–Crippen MR) is 33.9 cm³/mol. The Morgan fingerprint density at radius 3 is 2.75 bits per heavy atom. The van der Waals surface area contributed by atoms with E-state index in [0.29, 0.717) is 10.8 Å². The van der Waals surface area contributed by atoms with E-state index in [4.69, 9.17) is 16.7 Å². The molecule has 0 aromatic rings. The second-order valence-corrected chi connectivity index (χ2v) is 2.20. The third-order valence-corrected chi connectivity index (χ3v) is 1.31. The van der Waals surface area contributed by atoms with Crippen LogP contribution in [0.15, 0.2) is 22.9 Å². The van der Waals surface area contributed by atoms with Gasteiger partial charge >= 0.3 is 0 Å². The standard InChI is InChI=1S/C6H7ClO/c7-5-2-1-3-6(8)4-5/h2,4,8H,1,3H2. The van der Waals surface area contributed by atoms with Gasteiger partial charge in [0, 0.05) is 11.5 Å². The molecule has 0 unspecified atom stereocenters. The molecule has 0 radical (unpaired) electrons. The van der Waals surface area contributed by atoms with Gasteiger partial charge in [-0.2, -0.15) is 0 Å². The molecule has 0 fully saturated rings. The lowest BCUT2D eigenvalue weighted by Gasteiger charge is -2.01. The molecule has 0 aromatic carbocycles. The normalized spacial score (nSPS) is 19.6. The minimum atomic E-state index is 0.387. The molecule has 1 aliphatic carbocycles. The summed E-state index contributed by atoms with van der Waals surface area (Å²) in [7, 11) is 0. The first kappa shape index (κ1) is 5.70. The Bertz CT molecular complexity index is 147. The molecule has 0 aliphatic heterocycles. The minimum absolute atomic E-state index is 0.387. The van der Waals surface area contributed by atoms with Crippen molar-refractivity contribution >= 4 is 11.6 Å². The molecular weight excluding hydrogens is 124 g/mol. The summed E-state index contributed by atoms with van der Waals surface area (Å²) >= 11 is 5.54. The highest BCUT2D eigenvalue weighted by Gasteiger charge is 1.99. The fourth-order valence-electron chi connectivity index (χ4n) is 0.648. The molecule has 0 saturated heterocycles. The third-order valence-electron chi connectivity index (χ3n) is 1.04. The van der Waals surface area contributed by atoms with Gasteiger partial charge in [-0.05, 0) is 12.5 Å². The molecule has 44 valence electrons. The lowest BCUT2D eigenvalue weighted by molar-refractivity contribution is 0.387. The SMILES string of the molecule is OC1=CC(Cl)=CCC1. The Labute approximate surface area is 53.3 Å². The van der Waals surface area contributed by atoms with E-state index in [-0.39, 0.29) is 0 Å². The van der Waals surface area contributed by atoms with Crippen LogP contribution >= 0.6 is 11.6 Å². The van der Waals surface area contributed by atoms with E-state index < -0.39 is 0 Å². The van der Waals surface area contributed by atoms with Crippen LogP contribution < -0.4 is 0 Å². The van der Waals surface area contributed by atoms with Crippen molar-refractivity contribution in [1.82, 2.24) is 0 Å². The molecule has 8 heavy (non-hydrogen) atoms. The molecule has 0 spiro atoms. The van der Waals surface area contributed by atoms with Gasteiger partial charge < -0.3 is 5.11 Å². The Morgan fingerprint density at radius 2 is 2.38 bits per heavy atom. The van der Waals surface area contributed by atoms with Crippen LogP contribution in [0.3, 0.4) is 0 Å². The van der Waals surface area contributed by atoms with Crippen LogP contribution in [0.2, 0.25) is 0 Å². The molecule has 0 aromatic heterocycles. The van der Waals surface area contributed by atoms with Crippen molar-refractivity contribution in [2.24, 2.45) is 0 Å². The Kier molecular flexibility index (Phi) is 1.59. The Morgan fingerprint density at radius 1 is 1.62 bits per heavy atom. The molecule has 0 bridgehead atoms. The first-order chi connectivity index (χ1) is 3.79. The molecule has 0 saturated carbocycles. The van der Waals surface area contributed by atoms with Crippen molar-refractivity contribution in [2.75, 3.05) is 0 Å². The number of aliphatic hydroxyl groups is 1. The lowest BCUT2D eigenvalue weighted by Crippen LogP contribution is -1.85. The Hall–Kier alpha value is -0.430. The molecule has 1 aliphatic rings. The van der Waals surface area contributed by atoms with Crippen molar-refractivity contribution in [3.8, 4) is 0 Å². The third kappa shape index (κ3) is 1.27. The summed E-state index contributed by atoms with van der Waals surface area (Å²) in [5.41, 5.74) is 0. The highest BCUT2D eigenvalue weighted by Crippen LogP contribution is 2.16. The fraction of sp³-hybridized carbons (Fsp3) is 0.333. The number of rotatable bonds is 0. The summed E-state index contributed by atoms with van der Waals surface area (Å²) < 4.78 is 0. The van der Waals surface area contributed by atoms with Crippen molar-refractivity contribution < 1.29 is 5.11 Å². The van der Waals surface area contributed by atoms with Crippen molar-refractivity contribution in [2.45, 2.75) is 12.8 Å². The van der Waals surface area contributed by atoms with E-state index in [9.17, 15) is 0 Å². The van der Waals surface area contributed by atoms with Gasteiger partial charge in [0.1, 0.15) is 0 Å². The summed E-state index contributed by atoms with van der Waals surface area (Å²) in [6, 6.07) is 0. The van der Waals surface area contributed by atoms with E-state index in [1.165, 1.54) is 0 Å². The molecular formula is C6H7ClO. The molecule has 0 amide bonds. The predicted octanol–water partition coefficient (Wildman–Crippen LogP) is 2.34. The zero-order valence-electron chi connectivity index (χ0n) is 4.39. The van der Waals surface area contributed by atoms with E-state index >= 15 is 0 Å². The van der Waals surface area contributed by atoms with Gasteiger partial charge in [-0.3, -0.25) is 0 Å². The topological polar surface area (TPSA) is 20.2 Å². The van der Waals surface area contributed by atoms with Crippen LogP contribution in [0.1, 0.15) is 12.8 Å². The number of hydrogen-bond acceptors (Lipinski definition) is 1. The summed E-state index contributed by atoms with van der Waals surface area (Å²) in [5.74, 6) is 0.387. The highest BCUT2D eigenvalue weighted by molar-refractivity contribution is 6.31. The molecule has 1 rings (SSSR count). The highest BCUT2D eigenvalue weighted by atomic mass is 35.5. The molecule has 0 heterocycles. The Balaban J connectivity index is 2.69. The van der Waals surface area contributed by atoms with E-state index in [1.54, 1.807) is 6.08 Å². The van der Waals surface area contributed by atoms with Gasteiger partial charge in [0.2, 0.25) is 0 Å². The maximum absolute atomic E-state index is 8.82. The summed E-state index contributed by atoms with van der Waals surface area (Å²) in [4.78, 5) is 0. The zero-order chi connectivity index (χ0) is 5.98. The summed E-state index contributed by atoms with van der Waals surface area (Å²) in [6.07, 6.45) is 5.06. The number of hydrogen-bond donors (Lipinski definition) is 1. The van der Waals surface area contributed by atoms with Crippen LogP contribution in [0.4, 0.5) is 0 Å². The molecule has 1 N–H and O–H groups in total. The first-order valence-corrected chi connectivity index (χ1v) is 2.92. The van der Waals surface area contributed by atoms with E-state index in [1.807, 2.05) is 6.08 Å². The second kappa shape index (κ2) is 2.23. The van der Waals surface area contributed by atoms with Crippen LogP contribution in [-0.4, -0.2) is 5.11 Å². The van der Waals surface area contributed by atoms with Gasteiger partial charge in [0.05, 0.1) is 5.76 Å². The molecule has 2 heteroatoms. The lowest BCUT2D eigenvalue weighted by atomic mass is 10.2. The van der Waals surface area contributed by atoms with Crippen LogP contribution in [-0.2, 0) is 0 Å². The second-order valence-electron chi connectivity index (χ2n) is 1.76. The largest absolute Gasteiger partial charge is 0.512 e. The maximum Gasteiger partial charge on any atom is 0.0940 e. The summed E-state index contributed by atoms with van der Waals surface area (Å²) in [6.45, 7) is 0. The van der Waals surface area contributed by atoms with Crippen LogP contribution in [0, 0.1) is 0 Å². The van der Waals surface area contributed by atoms with E-state index in [0.717, 1.165) is 12.8 Å². The van der Waals surface area contributed by atoms with Gasteiger partial charge in [0.25, 0.3) is 0 Å².